The Morgan fingerprint density at radius 2 is 1.76 bits per heavy atom. The van der Waals surface area contributed by atoms with Crippen LogP contribution in [-0.4, -0.2) is 25.0 Å². The third kappa shape index (κ3) is 3.04. The average Bonchev–Trinajstić information content (AvgIpc) is 2.63. The van der Waals surface area contributed by atoms with Crippen molar-refractivity contribution in [3.8, 4) is 0 Å². The Hall–Kier alpha value is -2.62. The first-order chi connectivity index (χ1) is 12.1. The largest absolute Gasteiger partial charge is 0.465 e. The van der Waals surface area contributed by atoms with E-state index in [1.54, 1.807) is 11.8 Å². The Balaban J connectivity index is 2.10. The van der Waals surface area contributed by atoms with Crippen molar-refractivity contribution in [2.75, 3.05) is 18.1 Å². The summed E-state index contributed by atoms with van der Waals surface area (Å²) in [4.78, 5) is 28.0. The standard InChI is InChI=1S/C21H23NO3/c1-3-22-18-13-9-8-12-17(18)15-21(19(22)23,20(24)25-4-2)14-16-10-6-5-7-11-16/h5-13H,3-4,14-15H2,1-2H3. The van der Waals surface area contributed by atoms with Crippen LogP contribution in [0.2, 0.25) is 0 Å². The number of benzene rings is 2. The number of hydrogen-bond donors (Lipinski definition) is 0. The second kappa shape index (κ2) is 7.09. The summed E-state index contributed by atoms with van der Waals surface area (Å²) in [5.41, 5.74) is 1.65. The van der Waals surface area contributed by atoms with Crippen molar-refractivity contribution in [1.82, 2.24) is 0 Å². The summed E-state index contributed by atoms with van der Waals surface area (Å²) in [6.07, 6.45) is 0.711. The second-order valence-corrected chi connectivity index (χ2v) is 6.32. The van der Waals surface area contributed by atoms with Gasteiger partial charge in [0, 0.05) is 12.2 Å². The maximum atomic E-state index is 13.4. The molecule has 2 aromatic rings. The Kier molecular flexibility index (Phi) is 4.88. The third-order valence-electron chi connectivity index (χ3n) is 4.76. The van der Waals surface area contributed by atoms with Crippen molar-refractivity contribution < 1.29 is 14.3 Å². The van der Waals surface area contributed by atoms with Crippen molar-refractivity contribution in [3.05, 3.63) is 65.7 Å². The fourth-order valence-electron chi connectivity index (χ4n) is 3.59. The molecule has 0 spiro atoms. The van der Waals surface area contributed by atoms with E-state index >= 15 is 0 Å². The SMILES string of the molecule is CCOC(=O)C1(Cc2ccccc2)Cc2ccccc2N(CC)C1=O. The average molecular weight is 337 g/mol. The number of para-hydroxylation sites is 1. The molecule has 0 N–H and O–H groups in total. The molecule has 0 aromatic heterocycles. The first-order valence-corrected chi connectivity index (χ1v) is 8.73. The van der Waals surface area contributed by atoms with E-state index in [2.05, 4.69) is 0 Å². The summed E-state index contributed by atoms with van der Waals surface area (Å²) in [6, 6.07) is 17.5. The van der Waals surface area contributed by atoms with E-state index in [0.29, 0.717) is 19.4 Å². The second-order valence-electron chi connectivity index (χ2n) is 6.32. The highest BCUT2D eigenvalue weighted by Crippen LogP contribution is 2.41. The van der Waals surface area contributed by atoms with Gasteiger partial charge < -0.3 is 9.64 Å². The number of carbonyl (C=O) groups is 2. The topological polar surface area (TPSA) is 46.6 Å². The van der Waals surface area contributed by atoms with Crippen LogP contribution < -0.4 is 4.90 Å². The molecule has 0 bridgehead atoms. The van der Waals surface area contributed by atoms with Crippen LogP contribution in [0.4, 0.5) is 5.69 Å². The normalized spacial score (nSPS) is 19.4. The number of carbonyl (C=O) groups excluding carboxylic acids is 2. The molecule has 0 saturated heterocycles. The van der Waals surface area contributed by atoms with Crippen molar-refractivity contribution in [1.29, 1.82) is 0 Å². The first-order valence-electron chi connectivity index (χ1n) is 8.73. The monoisotopic (exact) mass is 337 g/mol. The molecule has 4 nitrogen and oxygen atoms in total. The predicted octanol–water partition coefficient (Wildman–Crippen LogP) is 3.39. The van der Waals surface area contributed by atoms with E-state index in [9.17, 15) is 9.59 Å². The fourth-order valence-corrected chi connectivity index (χ4v) is 3.59. The highest BCUT2D eigenvalue weighted by Gasteiger charge is 2.52. The maximum absolute atomic E-state index is 13.4. The lowest BCUT2D eigenvalue weighted by atomic mass is 9.72. The van der Waals surface area contributed by atoms with E-state index in [0.717, 1.165) is 16.8 Å². The maximum Gasteiger partial charge on any atom is 0.322 e. The number of anilines is 1. The lowest BCUT2D eigenvalue weighted by Gasteiger charge is -2.40. The molecule has 0 fully saturated rings. The molecule has 1 unspecified atom stereocenters. The van der Waals surface area contributed by atoms with Gasteiger partial charge in [0.2, 0.25) is 5.91 Å². The predicted molar refractivity (Wildman–Crippen MR) is 97.4 cm³/mol. The molecule has 0 radical (unpaired) electrons. The lowest BCUT2D eigenvalue weighted by molar-refractivity contribution is -0.160. The molecule has 1 aliphatic heterocycles. The summed E-state index contributed by atoms with van der Waals surface area (Å²) < 4.78 is 5.35. The number of esters is 1. The summed E-state index contributed by atoms with van der Waals surface area (Å²) in [7, 11) is 0. The molecule has 1 atom stereocenters. The van der Waals surface area contributed by atoms with Crippen LogP contribution in [0.15, 0.2) is 54.6 Å². The molecule has 0 aliphatic carbocycles. The Morgan fingerprint density at radius 3 is 2.44 bits per heavy atom. The van der Waals surface area contributed by atoms with Crippen molar-refractivity contribution >= 4 is 17.6 Å². The molecule has 0 saturated carbocycles. The smallest absolute Gasteiger partial charge is 0.322 e. The summed E-state index contributed by atoms with van der Waals surface area (Å²) in [6.45, 7) is 4.48. The van der Waals surface area contributed by atoms with Gasteiger partial charge in [0.1, 0.15) is 0 Å². The number of rotatable bonds is 5. The number of amides is 1. The minimum absolute atomic E-state index is 0.170. The van der Waals surface area contributed by atoms with Gasteiger partial charge in [-0.15, -0.1) is 0 Å². The van der Waals surface area contributed by atoms with E-state index in [4.69, 9.17) is 4.74 Å². The summed E-state index contributed by atoms with van der Waals surface area (Å²) >= 11 is 0. The van der Waals surface area contributed by atoms with E-state index in [-0.39, 0.29) is 12.5 Å². The molecular formula is C21H23NO3. The van der Waals surface area contributed by atoms with Gasteiger partial charge in [0.05, 0.1) is 6.61 Å². The van der Waals surface area contributed by atoms with Crippen LogP contribution in [0, 0.1) is 5.41 Å². The van der Waals surface area contributed by atoms with Gasteiger partial charge >= 0.3 is 5.97 Å². The zero-order valence-electron chi connectivity index (χ0n) is 14.7. The molecule has 4 heteroatoms. The van der Waals surface area contributed by atoms with Gasteiger partial charge in [-0.3, -0.25) is 9.59 Å². The fraction of sp³-hybridized carbons (Fsp3) is 0.333. The zero-order valence-corrected chi connectivity index (χ0v) is 14.7. The first kappa shape index (κ1) is 17.2. The Labute approximate surface area is 148 Å². The molecule has 25 heavy (non-hydrogen) atoms. The summed E-state index contributed by atoms with van der Waals surface area (Å²) in [5.74, 6) is -0.604. The van der Waals surface area contributed by atoms with E-state index in [1.807, 2.05) is 61.5 Å². The Bertz CT molecular complexity index is 772. The molecule has 3 rings (SSSR count). The molecule has 1 amide bonds. The van der Waals surface area contributed by atoms with Crippen LogP contribution in [0.25, 0.3) is 0 Å². The quantitative estimate of drug-likeness (QED) is 0.621. The van der Waals surface area contributed by atoms with Crippen LogP contribution in [0.3, 0.4) is 0 Å². The Morgan fingerprint density at radius 1 is 1.08 bits per heavy atom. The molecule has 130 valence electrons. The van der Waals surface area contributed by atoms with E-state index < -0.39 is 11.4 Å². The van der Waals surface area contributed by atoms with Crippen molar-refractivity contribution in [2.45, 2.75) is 26.7 Å². The van der Waals surface area contributed by atoms with Gasteiger partial charge in [-0.1, -0.05) is 48.5 Å². The van der Waals surface area contributed by atoms with Gasteiger partial charge in [-0.25, -0.2) is 0 Å². The van der Waals surface area contributed by atoms with Crippen LogP contribution >= 0.6 is 0 Å². The lowest BCUT2D eigenvalue weighted by Crippen LogP contribution is -2.55. The third-order valence-corrected chi connectivity index (χ3v) is 4.76. The number of nitrogens with zero attached hydrogens (tertiary/aromatic N) is 1. The minimum atomic E-state index is -1.21. The highest BCUT2D eigenvalue weighted by molar-refractivity contribution is 6.12. The zero-order chi connectivity index (χ0) is 17.9. The molecular weight excluding hydrogens is 314 g/mol. The number of fused-ring (bicyclic) bond motifs is 1. The number of ether oxygens (including phenoxy) is 1. The number of hydrogen-bond acceptors (Lipinski definition) is 3. The van der Waals surface area contributed by atoms with Crippen molar-refractivity contribution in [2.24, 2.45) is 5.41 Å². The molecule has 1 aliphatic rings. The van der Waals surface area contributed by atoms with Gasteiger partial charge in [0.25, 0.3) is 0 Å². The summed E-state index contributed by atoms with van der Waals surface area (Å²) in [5, 5.41) is 0. The van der Waals surface area contributed by atoms with Crippen LogP contribution in [-0.2, 0) is 27.2 Å². The van der Waals surface area contributed by atoms with Crippen LogP contribution in [0.1, 0.15) is 25.0 Å². The van der Waals surface area contributed by atoms with Gasteiger partial charge in [-0.05, 0) is 43.9 Å². The molecule has 1 heterocycles. The van der Waals surface area contributed by atoms with Crippen molar-refractivity contribution in [3.63, 3.8) is 0 Å². The van der Waals surface area contributed by atoms with Gasteiger partial charge in [0.15, 0.2) is 5.41 Å². The van der Waals surface area contributed by atoms with Gasteiger partial charge in [-0.2, -0.15) is 0 Å². The van der Waals surface area contributed by atoms with Crippen LogP contribution in [0.5, 0.6) is 0 Å². The highest BCUT2D eigenvalue weighted by atomic mass is 16.5. The minimum Gasteiger partial charge on any atom is -0.465 e. The van der Waals surface area contributed by atoms with E-state index in [1.165, 1.54) is 0 Å². The molecule has 2 aromatic carbocycles.